The second-order valence-electron chi connectivity index (χ2n) is 6.60. The van der Waals surface area contributed by atoms with Crippen molar-refractivity contribution in [2.24, 2.45) is 4.99 Å². The summed E-state index contributed by atoms with van der Waals surface area (Å²) in [5.74, 6) is 0.105. The van der Waals surface area contributed by atoms with Crippen molar-refractivity contribution in [1.29, 1.82) is 0 Å². The van der Waals surface area contributed by atoms with Crippen molar-refractivity contribution < 1.29 is 14.3 Å². The van der Waals surface area contributed by atoms with Gasteiger partial charge in [0.2, 0.25) is 0 Å². The molecule has 3 aromatic rings. The Morgan fingerprint density at radius 3 is 2.80 bits per heavy atom. The van der Waals surface area contributed by atoms with E-state index in [9.17, 15) is 9.59 Å². The summed E-state index contributed by atoms with van der Waals surface area (Å²) in [5.41, 5.74) is 2.35. The summed E-state index contributed by atoms with van der Waals surface area (Å²) in [6, 6.07) is 8.66. The van der Waals surface area contributed by atoms with Gasteiger partial charge < -0.3 is 9.47 Å². The number of allylic oxidation sites excluding steroid dienone is 1. The lowest BCUT2D eigenvalue weighted by atomic mass is 9.95. The molecule has 1 aromatic carbocycles. The fourth-order valence-electron chi connectivity index (χ4n) is 3.49. The van der Waals surface area contributed by atoms with E-state index in [0.717, 1.165) is 5.56 Å². The van der Waals surface area contributed by atoms with Crippen LogP contribution in [-0.4, -0.2) is 24.3 Å². The lowest BCUT2D eigenvalue weighted by Crippen LogP contribution is -2.40. The summed E-state index contributed by atoms with van der Waals surface area (Å²) >= 11 is 2.88. The van der Waals surface area contributed by atoms with Crippen LogP contribution < -0.4 is 19.6 Å². The van der Waals surface area contributed by atoms with Crippen LogP contribution in [0, 0.1) is 0 Å². The number of carbonyl (C=O) groups is 1. The fraction of sp³-hybridized carbons (Fsp3) is 0.227. The van der Waals surface area contributed by atoms with Gasteiger partial charge in [-0.05, 0) is 48.4 Å². The Kier molecular flexibility index (Phi) is 5.69. The quantitative estimate of drug-likeness (QED) is 0.572. The molecule has 3 heterocycles. The first-order valence-electron chi connectivity index (χ1n) is 9.40. The standard InChI is InChI=1S/C22H20N2O4S2/c1-4-28-21(26)18-13(2)23-22-24(19(18)15-7-5-6-8-16(15)27-3)20(25)17(30-22)11-14-9-10-29-12-14/h5-12,19H,4H2,1-3H3/b17-11+/t19-/m1/s1. The molecule has 0 amide bonds. The molecule has 1 atom stereocenters. The van der Waals surface area contributed by atoms with E-state index >= 15 is 0 Å². The lowest BCUT2D eigenvalue weighted by molar-refractivity contribution is -0.139. The molecular weight excluding hydrogens is 420 g/mol. The number of benzene rings is 1. The third-order valence-electron chi connectivity index (χ3n) is 4.79. The molecule has 0 saturated heterocycles. The zero-order valence-corrected chi connectivity index (χ0v) is 18.4. The maximum atomic E-state index is 13.4. The minimum atomic E-state index is -0.680. The number of para-hydroxylation sites is 1. The number of thiazole rings is 1. The van der Waals surface area contributed by atoms with E-state index < -0.39 is 12.0 Å². The van der Waals surface area contributed by atoms with Gasteiger partial charge in [-0.2, -0.15) is 11.3 Å². The zero-order valence-electron chi connectivity index (χ0n) is 16.7. The molecular formula is C22H20N2O4S2. The summed E-state index contributed by atoms with van der Waals surface area (Å²) in [4.78, 5) is 31.4. The van der Waals surface area contributed by atoms with E-state index in [1.165, 1.54) is 11.3 Å². The summed E-state index contributed by atoms with van der Waals surface area (Å²) in [7, 11) is 1.57. The molecule has 30 heavy (non-hydrogen) atoms. The number of carbonyl (C=O) groups excluding carboxylic acids is 1. The van der Waals surface area contributed by atoms with Gasteiger partial charge in [0.25, 0.3) is 5.56 Å². The molecule has 0 fully saturated rings. The molecule has 0 radical (unpaired) electrons. The van der Waals surface area contributed by atoms with Gasteiger partial charge in [0, 0.05) is 5.56 Å². The van der Waals surface area contributed by atoms with Crippen molar-refractivity contribution in [2.45, 2.75) is 19.9 Å². The first-order valence-corrected chi connectivity index (χ1v) is 11.2. The van der Waals surface area contributed by atoms with Crippen LogP contribution >= 0.6 is 22.7 Å². The number of fused-ring (bicyclic) bond motifs is 1. The SMILES string of the molecule is CCOC(=O)C1=C(C)N=c2s/c(=C/c3ccsc3)c(=O)n2[C@@H]1c1ccccc1OC. The highest BCUT2D eigenvalue weighted by Gasteiger charge is 2.34. The maximum Gasteiger partial charge on any atom is 0.338 e. The maximum absolute atomic E-state index is 13.4. The van der Waals surface area contributed by atoms with Crippen LogP contribution in [0.2, 0.25) is 0 Å². The molecule has 1 aliphatic heterocycles. The molecule has 1 aliphatic rings. The van der Waals surface area contributed by atoms with Crippen molar-refractivity contribution in [3.63, 3.8) is 0 Å². The first-order chi connectivity index (χ1) is 14.5. The molecule has 154 valence electrons. The molecule has 4 rings (SSSR count). The van der Waals surface area contributed by atoms with Crippen LogP contribution in [0.3, 0.4) is 0 Å². The monoisotopic (exact) mass is 440 g/mol. The Balaban J connectivity index is 2.01. The van der Waals surface area contributed by atoms with E-state index in [4.69, 9.17) is 9.47 Å². The molecule has 0 saturated carbocycles. The Hall–Kier alpha value is -2.97. The van der Waals surface area contributed by atoms with E-state index in [1.54, 1.807) is 36.9 Å². The van der Waals surface area contributed by atoms with Gasteiger partial charge in [0.15, 0.2) is 4.80 Å². The van der Waals surface area contributed by atoms with Crippen molar-refractivity contribution in [3.8, 4) is 5.75 Å². The Labute approximate surface area is 181 Å². The second-order valence-corrected chi connectivity index (χ2v) is 8.39. The Morgan fingerprint density at radius 2 is 2.10 bits per heavy atom. The largest absolute Gasteiger partial charge is 0.496 e. The van der Waals surface area contributed by atoms with Gasteiger partial charge in [0.1, 0.15) is 11.8 Å². The van der Waals surface area contributed by atoms with Crippen LogP contribution in [0.25, 0.3) is 6.08 Å². The highest BCUT2D eigenvalue weighted by Crippen LogP contribution is 2.35. The van der Waals surface area contributed by atoms with Crippen molar-refractivity contribution in [2.75, 3.05) is 13.7 Å². The fourth-order valence-corrected chi connectivity index (χ4v) is 5.15. The number of esters is 1. The van der Waals surface area contributed by atoms with Crippen molar-refractivity contribution in [1.82, 2.24) is 4.57 Å². The van der Waals surface area contributed by atoms with Gasteiger partial charge in [-0.25, -0.2) is 9.79 Å². The molecule has 6 nitrogen and oxygen atoms in total. The predicted octanol–water partition coefficient (Wildman–Crippen LogP) is 2.87. The third kappa shape index (κ3) is 3.53. The van der Waals surface area contributed by atoms with Crippen molar-refractivity contribution >= 4 is 34.7 Å². The van der Waals surface area contributed by atoms with Gasteiger partial charge >= 0.3 is 5.97 Å². The van der Waals surface area contributed by atoms with Gasteiger partial charge in [0.05, 0.1) is 29.5 Å². The summed E-state index contributed by atoms with van der Waals surface area (Å²) in [6.07, 6.45) is 1.85. The molecule has 8 heteroatoms. The minimum absolute atomic E-state index is 0.199. The molecule has 0 N–H and O–H groups in total. The number of rotatable bonds is 5. The summed E-state index contributed by atoms with van der Waals surface area (Å²) < 4.78 is 13.0. The number of methoxy groups -OCH3 is 1. The molecule has 2 aromatic heterocycles. The topological polar surface area (TPSA) is 69.9 Å². The molecule has 0 aliphatic carbocycles. The molecule has 0 unspecified atom stereocenters. The number of aromatic nitrogens is 1. The predicted molar refractivity (Wildman–Crippen MR) is 118 cm³/mol. The number of ether oxygens (including phenoxy) is 2. The normalized spacial score (nSPS) is 16.2. The summed E-state index contributed by atoms with van der Waals surface area (Å²) in [6.45, 7) is 3.75. The number of thiophene rings is 1. The zero-order chi connectivity index (χ0) is 21.3. The number of hydrogen-bond acceptors (Lipinski definition) is 7. The number of nitrogens with zero attached hydrogens (tertiary/aromatic N) is 2. The number of hydrogen-bond donors (Lipinski definition) is 0. The van der Waals surface area contributed by atoms with Crippen LogP contribution in [0.15, 0.2) is 62.1 Å². The van der Waals surface area contributed by atoms with Crippen molar-refractivity contribution in [3.05, 3.63) is 83.2 Å². The second kappa shape index (κ2) is 8.41. The minimum Gasteiger partial charge on any atom is -0.496 e. The highest BCUT2D eigenvalue weighted by atomic mass is 32.1. The lowest BCUT2D eigenvalue weighted by Gasteiger charge is -2.25. The average Bonchev–Trinajstić information content (AvgIpc) is 3.35. The van der Waals surface area contributed by atoms with Crippen LogP contribution in [0.5, 0.6) is 5.75 Å². The highest BCUT2D eigenvalue weighted by molar-refractivity contribution is 7.08. The Morgan fingerprint density at radius 1 is 1.30 bits per heavy atom. The smallest absolute Gasteiger partial charge is 0.338 e. The third-order valence-corrected chi connectivity index (χ3v) is 6.48. The summed E-state index contributed by atoms with van der Waals surface area (Å²) in [5, 5.41) is 3.94. The molecule has 0 bridgehead atoms. The van der Waals surface area contributed by atoms with Gasteiger partial charge in [-0.1, -0.05) is 29.5 Å². The van der Waals surface area contributed by atoms with Crippen LogP contribution in [0.4, 0.5) is 0 Å². The van der Waals surface area contributed by atoms with E-state index in [-0.39, 0.29) is 12.2 Å². The van der Waals surface area contributed by atoms with E-state index in [2.05, 4.69) is 4.99 Å². The average molecular weight is 441 g/mol. The van der Waals surface area contributed by atoms with E-state index in [0.29, 0.717) is 31.9 Å². The van der Waals surface area contributed by atoms with Gasteiger partial charge in [-0.3, -0.25) is 9.36 Å². The molecule has 0 spiro atoms. The van der Waals surface area contributed by atoms with Crippen LogP contribution in [-0.2, 0) is 9.53 Å². The first kappa shape index (κ1) is 20.3. The van der Waals surface area contributed by atoms with Crippen LogP contribution in [0.1, 0.15) is 31.0 Å². The van der Waals surface area contributed by atoms with E-state index in [1.807, 2.05) is 47.2 Å². The Bertz CT molecular complexity index is 1300. The van der Waals surface area contributed by atoms with Gasteiger partial charge in [-0.15, -0.1) is 0 Å².